The van der Waals surface area contributed by atoms with Gasteiger partial charge in [-0.3, -0.25) is 0 Å². The summed E-state index contributed by atoms with van der Waals surface area (Å²) in [6.45, 7) is 7.05. The Morgan fingerprint density at radius 1 is 0.750 bits per heavy atom. The SMILES string of the molecule is CCCCCCCCOc1ccc(B2OCC(C3CCC(CCCCC)CC3)CO2)cc1. The summed E-state index contributed by atoms with van der Waals surface area (Å²) in [7, 11) is -0.218. The lowest BCUT2D eigenvalue weighted by Gasteiger charge is -2.37. The van der Waals surface area contributed by atoms with Gasteiger partial charge in [-0.25, -0.2) is 0 Å². The van der Waals surface area contributed by atoms with E-state index in [-0.39, 0.29) is 7.12 Å². The molecular weight excluding hydrogens is 395 g/mol. The fraction of sp³-hybridized carbons (Fsp3) is 0.786. The summed E-state index contributed by atoms with van der Waals surface area (Å²) in [6.07, 6.45) is 18.9. The van der Waals surface area contributed by atoms with Gasteiger partial charge in [0.05, 0.1) is 6.61 Å². The van der Waals surface area contributed by atoms with E-state index in [0.29, 0.717) is 5.92 Å². The number of unbranched alkanes of at least 4 members (excludes halogenated alkanes) is 7. The predicted molar refractivity (Wildman–Crippen MR) is 136 cm³/mol. The lowest BCUT2D eigenvalue weighted by atomic mass is 9.72. The molecule has 0 bridgehead atoms. The molecule has 0 amide bonds. The third-order valence-electron chi connectivity index (χ3n) is 7.62. The average Bonchev–Trinajstić information content (AvgIpc) is 2.85. The molecule has 3 nitrogen and oxygen atoms in total. The Balaban J connectivity index is 1.30. The van der Waals surface area contributed by atoms with Crippen molar-refractivity contribution in [1.29, 1.82) is 0 Å². The topological polar surface area (TPSA) is 27.7 Å². The Bertz CT molecular complexity index is 589. The molecule has 0 N–H and O–H groups in total. The zero-order chi connectivity index (χ0) is 22.4. The molecule has 0 aromatic heterocycles. The van der Waals surface area contributed by atoms with Gasteiger partial charge in [0.25, 0.3) is 0 Å². The van der Waals surface area contributed by atoms with E-state index in [1.165, 1.54) is 83.5 Å². The second-order valence-corrected chi connectivity index (χ2v) is 10.2. The van der Waals surface area contributed by atoms with Crippen LogP contribution in [0.5, 0.6) is 5.75 Å². The smallest absolute Gasteiger partial charge is 0.493 e. The second kappa shape index (κ2) is 15.0. The third-order valence-corrected chi connectivity index (χ3v) is 7.62. The molecule has 180 valence electrons. The highest BCUT2D eigenvalue weighted by molar-refractivity contribution is 6.61. The van der Waals surface area contributed by atoms with Crippen LogP contribution in [0.1, 0.15) is 104 Å². The Labute approximate surface area is 198 Å². The Morgan fingerprint density at radius 3 is 2.06 bits per heavy atom. The zero-order valence-corrected chi connectivity index (χ0v) is 20.9. The van der Waals surface area contributed by atoms with Crippen LogP contribution in [0, 0.1) is 17.8 Å². The summed E-state index contributed by atoms with van der Waals surface area (Å²) in [5.41, 5.74) is 1.11. The molecule has 1 heterocycles. The molecule has 0 unspecified atom stereocenters. The van der Waals surface area contributed by atoms with Crippen molar-refractivity contribution in [3.63, 3.8) is 0 Å². The number of hydrogen-bond acceptors (Lipinski definition) is 3. The molecule has 0 spiro atoms. The van der Waals surface area contributed by atoms with Crippen molar-refractivity contribution < 1.29 is 14.0 Å². The van der Waals surface area contributed by atoms with Gasteiger partial charge in [-0.1, -0.05) is 96.6 Å². The van der Waals surface area contributed by atoms with Crippen molar-refractivity contribution in [2.24, 2.45) is 17.8 Å². The summed E-state index contributed by atoms with van der Waals surface area (Å²) in [5.74, 6) is 3.28. The standard InChI is InChI=1S/C28H47BO3/c1-3-5-7-8-9-11-21-30-28-19-17-27(18-20-28)29-31-22-26(23-32-29)25-15-13-24(14-16-25)12-10-6-4-2/h17-20,24-26H,3-16,21-23H2,1-2H3. The van der Waals surface area contributed by atoms with Crippen LogP contribution in [-0.4, -0.2) is 26.9 Å². The van der Waals surface area contributed by atoms with Crippen LogP contribution in [0.3, 0.4) is 0 Å². The molecule has 1 aliphatic heterocycles. The second-order valence-electron chi connectivity index (χ2n) is 10.2. The van der Waals surface area contributed by atoms with Crippen LogP contribution in [0.4, 0.5) is 0 Å². The van der Waals surface area contributed by atoms with Crippen molar-refractivity contribution >= 4 is 12.6 Å². The lowest BCUT2D eigenvalue weighted by Crippen LogP contribution is -2.46. The molecular formula is C28H47BO3. The summed E-state index contributed by atoms with van der Waals surface area (Å²) in [4.78, 5) is 0. The molecule has 1 saturated heterocycles. The van der Waals surface area contributed by atoms with Gasteiger partial charge >= 0.3 is 7.12 Å². The van der Waals surface area contributed by atoms with Gasteiger partial charge < -0.3 is 14.0 Å². The first-order chi connectivity index (χ1) is 15.8. The van der Waals surface area contributed by atoms with Crippen LogP contribution in [0.15, 0.2) is 24.3 Å². The van der Waals surface area contributed by atoms with E-state index in [9.17, 15) is 0 Å². The largest absolute Gasteiger partial charge is 0.494 e. The van der Waals surface area contributed by atoms with Gasteiger partial charge in [0.15, 0.2) is 0 Å². The van der Waals surface area contributed by atoms with E-state index >= 15 is 0 Å². The monoisotopic (exact) mass is 442 g/mol. The summed E-state index contributed by atoms with van der Waals surface area (Å²) in [5, 5.41) is 0. The van der Waals surface area contributed by atoms with Gasteiger partial charge in [0.2, 0.25) is 0 Å². The minimum Gasteiger partial charge on any atom is -0.494 e. The maximum Gasteiger partial charge on any atom is 0.493 e. The van der Waals surface area contributed by atoms with E-state index < -0.39 is 0 Å². The van der Waals surface area contributed by atoms with Gasteiger partial charge in [-0.15, -0.1) is 0 Å². The van der Waals surface area contributed by atoms with E-state index in [1.54, 1.807) is 0 Å². The van der Waals surface area contributed by atoms with Crippen molar-refractivity contribution in [1.82, 2.24) is 0 Å². The lowest BCUT2D eigenvalue weighted by molar-refractivity contribution is 0.0373. The number of ether oxygens (including phenoxy) is 1. The first kappa shape index (κ1) is 25.6. The molecule has 0 atom stereocenters. The summed E-state index contributed by atoms with van der Waals surface area (Å²) in [6, 6.07) is 8.32. The first-order valence-electron chi connectivity index (χ1n) is 13.8. The number of rotatable bonds is 14. The van der Waals surface area contributed by atoms with Crippen LogP contribution < -0.4 is 10.2 Å². The van der Waals surface area contributed by atoms with Gasteiger partial charge in [-0.05, 0) is 48.7 Å². The molecule has 1 aromatic carbocycles. The molecule has 1 aliphatic carbocycles. The normalized spacial score (nSPS) is 22.2. The minimum atomic E-state index is -0.218. The van der Waals surface area contributed by atoms with E-state index in [2.05, 4.69) is 38.1 Å². The Kier molecular flexibility index (Phi) is 12.0. The first-order valence-corrected chi connectivity index (χ1v) is 13.8. The van der Waals surface area contributed by atoms with Crippen LogP contribution >= 0.6 is 0 Å². The molecule has 2 aliphatic rings. The highest BCUT2D eigenvalue weighted by atomic mass is 16.6. The zero-order valence-electron chi connectivity index (χ0n) is 20.9. The van der Waals surface area contributed by atoms with Crippen molar-refractivity contribution in [3.8, 4) is 5.75 Å². The molecule has 2 fully saturated rings. The number of benzene rings is 1. The Morgan fingerprint density at radius 2 is 1.38 bits per heavy atom. The van der Waals surface area contributed by atoms with E-state index in [4.69, 9.17) is 14.0 Å². The molecule has 1 aromatic rings. The minimum absolute atomic E-state index is 0.218. The third kappa shape index (κ3) is 8.74. The highest BCUT2D eigenvalue weighted by Gasteiger charge is 2.34. The highest BCUT2D eigenvalue weighted by Crippen LogP contribution is 2.37. The van der Waals surface area contributed by atoms with E-state index in [0.717, 1.165) is 49.3 Å². The fourth-order valence-corrected chi connectivity index (χ4v) is 5.41. The summed E-state index contributed by atoms with van der Waals surface area (Å²) >= 11 is 0. The van der Waals surface area contributed by atoms with Gasteiger partial charge in [0, 0.05) is 19.1 Å². The molecule has 3 rings (SSSR count). The molecule has 0 radical (unpaired) electrons. The molecule has 4 heteroatoms. The predicted octanol–water partition coefficient (Wildman–Crippen LogP) is 7.17. The van der Waals surface area contributed by atoms with E-state index in [1.807, 2.05) is 0 Å². The summed E-state index contributed by atoms with van der Waals surface area (Å²) < 4.78 is 18.2. The quantitative estimate of drug-likeness (QED) is 0.226. The molecule has 32 heavy (non-hydrogen) atoms. The van der Waals surface area contributed by atoms with Crippen LogP contribution in [0.25, 0.3) is 0 Å². The molecule has 1 saturated carbocycles. The van der Waals surface area contributed by atoms with Crippen LogP contribution in [-0.2, 0) is 9.31 Å². The number of hydrogen-bond donors (Lipinski definition) is 0. The van der Waals surface area contributed by atoms with Crippen molar-refractivity contribution in [2.75, 3.05) is 19.8 Å². The van der Waals surface area contributed by atoms with Gasteiger partial charge in [-0.2, -0.15) is 0 Å². The maximum absolute atomic E-state index is 6.16. The van der Waals surface area contributed by atoms with Crippen LogP contribution in [0.2, 0.25) is 0 Å². The van der Waals surface area contributed by atoms with Crippen molar-refractivity contribution in [2.45, 2.75) is 104 Å². The fourth-order valence-electron chi connectivity index (χ4n) is 5.41. The average molecular weight is 442 g/mol. The Hall–Kier alpha value is -0.995. The van der Waals surface area contributed by atoms with Crippen molar-refractivity contribution in [3.05, 3.63) is 24.3 Å². The van der Waals surface area contributed by atoms with Gasteiger partial charge in [0.1, 0.15) is 5.75 Å². The maximum atomic E-state index is 6.16.